The van der Waals surface area contributed by atoms with Gasteiger partial charge in [-0.15, -0.1) is 0 Å². The molecule has 0 aliphatic heterocycles. The number of benzene rings is 3. The van der Waals surface area contributed by atoms with Crippen LogP contribution in [0.5, 0.6) is 5.75 Å². The van der Waals surface area contributed by atoms with Crippen molar-refractivity contribution in [2.75, 3.05) is 7.11 Å². The summed E-state index contributed by atoms with van der Waals surface area (Å²) in [5.41, 5.74) is 0.724. The topological polar surface area (TPSA) is 26.3 Å². The van der Waals surface area contributed by atoms with Gasteiger partial charge in [-0.3, -0.25) is 4.79 Å². The number of carbonyl (C=O) groups excluding carboxylic acids is 1. The molecule has 88 valence electrons. The predicted molar refractivity (Wildman–Crippen MR) is 73.4 cm³/mol. The fourth-order valence-electron chi connectivity index (χ4n) is 2.33. The number of methoxy groups -OCH3 is 1. The highest BCUT2D eigenvalue weighted by Crippen LogP contribution is 2.29. The molecular weight excluding hydrogens is 224 g/mol. The molecule has 0 aliphatic rings. The smallest absolute Gasteiger partial charge is 0.151 e. The summed E-state index contributed by atoms with van der Waals surface area (Å²) < 4.78 is 5.22. The van der Waals surface area contributed by atoms with Crippen LogP contribution in [0.4, 0.5) is 0 Å². The number of hydrogen-bond donors (Lipinski definition) is 0. The van der Waals surface area contributed by atoms with Crippen LogP contribution in [-0.4, -0.2) is 13.4 Å². The van der Waals surface area contributed by atoms with Crippen molar-refractivity contribution in [3.8, 4) is 5.75 Å². The Labute approximate surface area is 105 Å². The lowest BCUT2D eigenvalue weighted by atomic mass is 9.97. The fraction of sp³-hybridized carbons (Fsp3) is 0.0625. The molecule has 3 rings (SSSR count). The highest BCUT2D eigenvalue weighted by molar-refractivity contribution is 6.12. The molecule has 3 aromatic rings. The first-order valence-electron chi connectivity index (χ1n) is 5.78. The van der Waals surface area contributed by atoms with E-state index in [1.165, 1.54) is 0 Å². The molecule has 0 bridgehead atoms. The van der Waals surface area contributed by atoms with Gasteiger partial charge in [0.05, 0.1) is 7.11 Å². The highest BCUT2D eigenvalue weighted by atomic mass is 16.5. The maximum absolute atomic E-state index is 11.4. The van der Waals surface area contributed by atoms with E-state index in [1.807, 2.05) is 42.5 Å². The Morgan fingerprint density at radius 1 is 0.944 bits per heavy atom. The molecule has 0 atom stereocenters. The zero-order chi connectivity index (χ0) is 12.5. The Hall–Kier alpha value is -2.35. The van der Waals surface area contributed by atoms with Crippen molar-refractivity contribution in [1.82, 2.24) is 0 Å². The van der Waals surface area contributed by atoms with E-state index < -0.39 is 0 Å². The molecule has 0 heterocycles. The zero-order valence-corrected chi connectivity index (χ0v) is 10.0. The molecule has 2 heteroatoms. The lowest BCUT2D eigenvalue weighted by molar-refractivity contribution is 0.112. The molecule has 0 radical (unpaired) electrons. The van der Waals surface area contributed by atoms with E-state index in [2.05, 4.69) is 6.07 Å². The third-order valence-corrected chi connectivity index (χ3v) is 3.23. The van der Waals surface area contributed by atoms with Gasteiger partial charge >= 0.3 is 0 Å². The summed E-state index contributed by atoms with van der Waals surface area (Å²) in [6, 6.07) is 15.8. The summed E-state index contributed by atoms with van der Waals surface area (Å²) >= 11 is 0. The molecule has 0 N–H and O–H groups in total. The summed E-state index contributed by atoms with van der Waals surface area (Å²) in [6.07, 6.45) is 0.921. The molecule has 0 amide bonds. The van der Waals surface area contributed by atoms with Crippen LogP contribution in [0.2, 0.25) is 0 Å². The second-order valence-electron chi connectivity index (χ2n) is 4.22. The number of fused-ring (bicyclic) bond motifs is 2. The third-order valence-electron chi connectivity index (χ3n) is 3.23. The first kappa shape index (κ1) is 10.8. The van der Waals surface area contributed by atoms with Crippen molar-refractivity contribution in [2.45, 2.75) is 0 Å². The molecule has 0 unspecified atom stereocenters. The van der Waals surface area contributed by atoms with Gasteiger partial charge in [0, 0.05) is 5.56 Å². The number of ether oxygens (including phenoxy) is 1. The van der Waals surface area contributed by atoms with E-state index in [4.69, 9.17) is 4.74 Å². The van der Waals surface area contributed by atoms with Crippen LogP contribution >= 0.6 is 0 Å². The van der Waals surface area contributed by atoms with Crippen LogP contribution in [0.25, 0.3) is 21.5 Å². The second-order valence-corrected chi connectivity index (χ2v) is 4.22. The van der Waals surface area contributed by atoms with Crippen LogP contribution in [0, 0.1) is 0 Å². The van der Waals surface area contributed by atoms with Crippen LogP contribution in [0.1, 0.15) is 10.4 Å². The molecule has 0 aromatic heterocycles. The minimum Gasteiger partial charge on any atom is -0.497 e. The SMILES string of the molecule is COc1ccc2cc3ccccc3c(C=O)c2c1. The van der Waals surface area contributed by atoms with Crippen molar-refractivity contribution in [2.24, 2.45) is 0 Å². The van der Waals surface area contributed by atoms with E-state index in [9.17, 15) is 4.79 Å². The first-order valence-corrected chi connectivity index (χ1v) is 5.78. The lowest BCUT2D eigenvalue weighted by Crippen LogP contribution is -1.89. The van der Waals surface area contributed by atoms with E-state index in [-0.39, 0.29) is 0 Å². The predicted octanol–water partition coefficient (Wildman–Crippen LogP) is 3.81. The molecule has 0 saturated carbocycles. The van der Waals surface area contributed by atoms with E-state index >= 15 is 0 Å². The number of rotatable bonds is 2. The Balaban J connectivity index is 2.50. The van der Waals surface area contributed by atoms with Crippen LogP contribution < -0.4 is 4.74 Å². The van der Waals surface area contributed by atoms with Gasteiger partial charge in [0.15, 0.2) is 6.29 Å². The Kier molecular flexibility index (Phi) is 2.49. The van der Waals surface area contributed by atoms with Crippen molar-refractivity contribution in [1.29, 1.82) is 0 Å². The van der Waals surface area contributed by atoms with Gasteiger partial charge in [-0.05, 0) is 39.7 Å². The van der Waals surface area contributed by atoms with E-state index in [0.717, 1.165) is 39.1 Å². The molecule has 0 aliphatic carbocycles. The van der Waals surface area contributed by atoms with Gasteiger partial charge in [0.2, 0.25) is 0 Å². The zero-order valence-electron chi connectivity index (χ0n) is 10.0. The normalized spacial score (nSPS) is 10.7. The van der Waals surface area contributed by atoms with Crippen molar-refractivity contribution in [3.63, 3.8) is 0 Å². The standard InChI is InChI=1S/C16H12O2/c1-18-13-7-6-12-8-11-4-2-3-5-14(11)16(10-17)15(12)9-13/h2-10H,1H3. The Morgan fingerprint density at radius 3 is 2.50 bits per heavy atom. The molecule has 2 nitrogen and oxygen atoms in total. The molecular formula is C16H12O2. The summed E-state index contributed by atoms with van der Waals surface area (Å²) in [7, 11) is 1.63. The lowest BCUT2D eigenvalue weighted by Gasteiger charge is -2.08. The number of aldehydes is 1. The number of carbonyl (C=O) groups is 1. The van der Waals surface area contributed by atoms with Crippen LogP contribution in [0.15, 0.2) is 48.5 Å². The fourth-order valence-corrected chi connectivity index (χ4v) is 2.33. The Bertz CT molecular complexity index is 745. The molecule has 0 fully saturated rings. The van der Waals surface area contributed by atoms with Gasteiger partial charge in [-0.1, -0.05) is 30.3 Å². The Morgan fingerprint density at radius 2 is 1.72 bits per heavy atom. The van der Waals surface area contributed by atoms with Crippen LogP contribution in [-0.2, 0) is 0 Å². The average molecular weight is 236 g/mol. The molecule has 0 saturated heterocycles. The highest BCUT2D eigenvalue weighted by Gasteiger charge is 2.07. The monoisotopic (exact) mass is 236 g/mol. The first-order chi connectivity index (χ1) is 8.83. The molecule has 18 heavy (non-hydrogen) atoms. The van der Waals surface area contributed by atoms with Crippen molar-refractivity contribution >= 4 is 27.8 Å². The summed E-state index contributed by atoms with van der Waals surface area (Å²) in [5, 5.41) is 4.05. The van der Waals surface area contributed by atoms with Gasteiger partial charge in [0.25, 0.3) is 0 Å². The van der Waals surface area contributed by atoms with Gasteiger partial charge in [-0.25, -0.2) is 0 Å². The van der Waals surface area contributed by atoms with Gasteiger partial charge in [-0.2, -0.15) is 0 Å². The van der Waals surface area contributed by atoms with Crippen molar-refractivity contribution in [3.05, 3.63) is 54.1 Å². The van der Waals surface area contributed by atoms with E-state index in [0.29, 0.717) is 0 Å². The van der Waals surface area contributed by atoms with Gasteiger partial charge in [0.1, 0.15) is 5.75 Å². The second kappa shape index (κ2) is 4.15. The summed E-state index contributed by atoms with van der Waals surface area (Å²) in [4.78, 5) is 11.4. The third kappa shape index (κ3) is 1.54. The average Bonchev–Trinajstić information content (AvgIpc) is 2.44. The maximum atomic E-state index is 11.4. The van der Waals surface area contributed by atoms with Gasteiger partial charge < -0.3 is 4.74 Å². The molecule has 0 spiro atoms. The quantitative estimate of drug-likeness (QED) is 0.499. The van der Waals surface area contributed by atoms with Crippen LogP contribution in [0.3, 0.4) is 0 Å². The van der Waals surface area contributed by atoms with E-state index in [1.54, 1.807) is 7.11 Å². The minimum absolute atomic E-state index is 0.724. The van der Waals surface area contributed by atoms with Crippen molar-refractivity contribution < 1.29 is 9.53 Å². The maximum Gasteiger partial charge on any atom is 0.151 e. The summed E-state index contributed by atoms with van der Waals surface area (Å²) in [6.45, 7) is 0. The largest absolute Gasteiger partial charge is 0.497 e. The molecule has 3 aromatic carbocycles. The minimum atomic E-state index is 0.724. The number of hydrogen-bond acceptors (Lipinski definition) is 2. The summed E-state index contributed by atoms with van der Waals surface area (Å²) in [5.74, 6) is 0.765.